The maximum Gasteiger partial charge on any atom is 0.326 e. The van der Waals surface area contributed by atoms with Crippen LogP contribution in [0.25, 0.3) is 6.08 Å². The molecule has 0 saturated carbocycles. The minimum atomic E-state index is -0.452. The van der Waals surface area contributed by atoms with Gasteiger partial charge in [-0.3, -0.25) is 14.5 Å². The molecular formula is C14H14BrNO4S2. The average molecular weight is 404 g/mol. The summed E-state index contributed by atoms with van der Waals surface area (Å²) < 4.78 is 11.3. The van der Waals surface area contributed by atoms with Crippen molar-refractivity contribution in [2.75, 3.05) is 13.2 Å². The number of carbonyl (C=O) groups excluding carboxylic acids is 2. The zero-order valence-corrected chi connectivity index (χ0v) is 15.1. The molecule has 118 valence electrons. The normalized spacial score (nSPS) is 16.6. The largest absolute Gasteiger partial charge is 0.464 e. The summed E-state index contributed by atoms with van der Waals surface area (Å²) in [5.74, 6) is -0.223. The minimum Gasteiger partial charge on any atom is -0.464 e. The predicted octanol–water partition coefficient (Wildman–Crippen LogP) is 3.59. The van der Waals surface area contributed by atoms with Crippen LogP contribution < -0.4 is 0 Å². The van der Waals surface area contributed by atoms with Crippen LogP contribution in [0, 0.1) is 0 Å². The Labute approximate surface area is 146 Å². The van der Waals surface area contributed by atoms with Gasteiger partial charge >= 0.3 is 5.97 Å². The van der Waals surface area contributed by atoms with Crippen molar-refractivity contribution < 1.29 is 18.7 Å². The van der Waals surface area contributed by atoms with Crippen LogP contribution in [0.5, 0.6) is 0 Å². The van der Waals surface area contributed by atoms with Gasteiger partial charge in [-0.05, 0) is 34.5 Å². The topological polar surface area (TPSA) is 59.8 Å². The van der Waals surface area contributed by atoms with E-state index in [0.29, 0.717) is 26.3 Å². The van der Waals surface area contributed by atoms with Crippen molar-refractivity contribution in [2.45, 2.75) is 19.8 Å². The molecule has 0 bridgehead atoms. The van der Waals surface area contributed by atoms with E-state index in [9.17, 15) is 9.59 Å². The van der Waals surface area contributed by atoms with E-state index in [4.69, 9.17) is 21.4 Å². The second-order valence-corrected chi connectivity index (χ2v) is 6.94. The van der Waals surface area contributed by atoms with Crippen LogP contribution in [0.4, 0.5) is 0 Å². The summed E-state index contributed by atoms with van der Waals surface area (Å²) in [6.07, 6.45) is 3.35. The summed E-state index contributed by atoms with van der Waals surface area (Å²) in [7, 11) is 0. The fraction of sp³-hybridized carbons (Fsp3) is 0.357. The van der Waals surface area contributed by atoms with Gasteiger partial charge in [0.15, 0.2) is 4.67 Å². The fourth-order valence-corrected chi connectivity index (χ4v) is 3.23. The zero-order chi connectivity index (χ0) is 16.1. The highest BCUT2D eigenvalue weighted by molar-refractivity contribution is 9.10. The Balaban J connectivity index is 1.99. The quantitative estimate of drug-likeness (QED) is 0.313. The van der Waals surface area contributed by atoms with Crippen LogP contribution in [0.3, 0.4) is 0 Å². The van der Waals surface area contributed by atoms with Gasteiger partial charge in [0.1, 0.15) is 16.6 Å². The SMILES string of the molecule is CCCCOC(=O)CN1C(=O)/C(=C/c2ccc(Br)o2)SC1=S. The van der Waals surface area contributed by atoms with Crippen molar-refractivity contribution in [3.63, 3.8) is 0 Å². The lowest BCUT2D eigenvalue weighted by atomic mass is 10.3. The number of nitrogens with zero attached hydrogens (tertiary/aromatic N) is 1. The lowest BCUT2D eigenvalue weighted by Crippen LogP contribution is -2.34. The molecule has 0 aliphatic carbocycles. The van der Waals surface area contributed by atoms with E-state index in [1.54, 1.807) is 18.2 Å². The van der Waals surface area contributed by atoms with E-state index in [1.807, 2.05) is 6.92 Å². The number of hydrogen-bond donors (Lipinski definition) is 0. The molecule has 0 N–H and O–H groups in total. The summed E-state index contributed by atoms with van der Waals surface area (Å²) in [4.78, 5) is 25.7. The molecule has 0 spiro atoms. The van der Waals surface area contributed by atoms with Crippen molar-refractivity contribution in [1.82, 2.24) is 4.90 Å². The number of hydrogen-bond acceptors (Lipinski definition) is 6. The number of carbonyl (C=O) groups is 2. The zero-order valence-electron chi connectivity index (χ0n) is 11.8. The highest BCUT2D eigenvalue weighted by atomic mass is 79.9. The van der Waals surface area contributed by atoms with Gasteiger partial charge in [-0.2, -0.15) is 0 Å². The fourth-order valence-electron chi connectivity index (χ4n) is 1.68. The summed E-state index contributed by atoms with van der Waals surface area (Å²) >= 11 is 9.49. The van der Waals surface area contributed by atoms with Gasteiger partial charge in [-0.1, -0.05) is 37.3 Å². The standard InChI is InChI=1S/C14H14BrNO4S2/c1-2-3-6-19-12(17)8-16-13(18)10(22-14(16)21)7-9-4-5-11(15)20-9/h4-5,7H,2-3,6,8H2,1H3/b10-7-. The van der Waals surface area contributed by atoms with Gasteiger partial charge in [0, 0.05) is 6.08 Å². The van der Waals surface area contributed by atoms with Crippen LogP contribution in [0.2, 0.25) is 0 Å². The number of thioether (sulfide) groups is 1. The molecule has 2 rings (SSSR count). The van der Waals surface area contributed by atoms with Crippen molar-refractivity contribution in [3.05, 3.63) is 27.5 Å². The summed E-state index contributed by atoms with van der Waals surface area (Å²) in [6.45, 7) is 2.21. The Hall–Kier alpha value is -1.12. The van der Waals surface area contributed by atoms with Crippen LogP contribution in [0.15, 0.2) is 26.1 Å². The molecule has 1 fully saturated rings. The second kappa shape index (κ2) is 7.94. The number of halogens is 1. The number of unbranched alkanes of at least 4 members (excludes halogenated alkanes) is 1. The maximum atomic E-state index is 12.3. The smallest absolute Gasteiger partial charge is 0.326 e. The molecule has 0 radical (unpaired) electrons. The van der Waals surface area contributed by atoms with Crippen LogP contribution in [0.1, 0.15) is 25.5 Å². The molecule has 1 aromatic heterocycles. The molecule has 1 aliphatic rings. The number of thiocarbonyl (C=S) groups is 1. The highest BCUT2D eigenvalue weighted by Gasteiger charge is 2.34. The number of rotatable bonds is 6. The molecule has 2 heterocycles. The lowest BCUT2D eigenvalue weighted by Gasteiger charge is -2.13. The molecule has 0 atom stereocenters. The van der Waals surface area contributed by atoms with Crippen LogP contribution in [-0.4, -0.2) is 34.2 Å². The first-order chi connectivity index (χ1) is 10.5. The Morgan fingerprint density at radius 2 is 2.32 bits per heavy atom. The maximum absolute atomic E-state index is 12.3. The molecule has 5 nitrogen and oxygen atoms in total. The third kappa shape index (κ3) is 4.44. The molecule has 0 aromatic carbocycles. The minimum absolute atomic E-state index is 0.159. The molecule has 1 saturated heterocycles. The van der Waals surface area contributed by atoms with Crippen molar-refractivity contribution in [3.8, 4) is 0 Å². The van der Waals surface area contributed by atoms with Crippen LogP contribution >= 0.6 is 39.9 Å². The highest BCUT2D eigenvalue weighted by Crippen LogP contribution is 2.33. The summed E-state index contributed by atoms with van der Waals surface area (Å²) in [5, 5.41) is 0. The number of esters is 1. The van der Waals surface area contributed by atoms with Gasteiger partial charge < -0.3 is 9.15 Å². The predicted molar refractivity (Wildman–Crippen MR) is 92.2 cm³/mol. The van der Waals surface area contributed by atoms with Crippen molar-refractivity contribution in [1.29, 1.82) is 0 Å². The molecule has 1 aromatic rings. The van der Waals surface area contributed by atoms with E-state index < -0.39 is 5.97 Å². The third-order valence-corrected chi connectivity index (χ3v) is 4.59. The van der Waals surface area contributed by atoms with E-state index in [0.717, 1.165) is 24.6 Å². The third-order valence-electron chi connectivity index (χ3n) is 2.79. The molecule has 0 unspecified atom stereocenters. The molecule has 1 amide bonds. The number of furan rings is 1. The van der Waals surface area contributed by atoms with E-state index in [1.165, 1.54) is 4.90 Å². The Bertz CT molecular complexity index is 626. The Morgan fingerprint density at radius 1 is 1.55 bits per heavy atom. The first kappa shape index (κ1) is 17.2. The van der Waals surface area contributed by atoms with E-state index in [2.05, 4.69) is 15.9 Å². The monoisotopic (exact) mass is 403 g/mol. The van der Waals surface area contributed by atoms with E-state index >= 15 is 0 Å². The van der Waals surface area contributed by atoms with Gasteiger partial charge in [0.25, 0.3) is 5.91 Å². The molecule has 22 heavy (non-hydrogen) atoms. The summed E-state index contributed by atoms with van der Waals surface area (Å²) in [6, 6.07) is 3.47. The average Bonchev–Trinajstić information content (AvgIpc) is 2.98. The summed E-state index contributed by atoms with van der Waals surface area (Å²) in [5.41, 5.74) is 0. The Morgan fingerprint density at radius 3 is 2.95 bits per heavy atom. The first-order valence-corrected chi connectivity index (χ1v) is 8.69. The van der Waals surface area contributed by atoms with Gasteiger partial charge in [0.05, 0.1) is 11.5 Å². The van der Waals surface area contributed by atoms with Crippen molar-refractivity contribution in [2.24, 2.45) is 0 Å². The number of amides is 1. The second-order valence-electron chi connectivity index (χ2n) is 4.48. The number of ether oxygens (including phenoxy) is 1. The lowest BCUT2D eigenvalue weighted by molar-refractivity contribution is -0.146. The molecule has 1 aliphatic heterocycles. The molecule has 8 heteroatoms. The van der Waals surface area contributed by atoms with Gasteiger partial charge in [0.2, 0.25) is 0 Å². The van der Waals surface area contributed by atoms with Crippen molar-refractivity contribution >= 4 is 62.2 Å². The van der Waals surface area contributed by atoms with Gasteiger partial charge in [-0.15, -0.1) is 0 Å². The van der Waals surface area contributed by atoms with E-state index in [-0.39, 0.29) is 12.5 Å². The first-order valence-electron chi connectivity index (χ1n) is 6.67. The van der Waals surface area contributed by atoms with Gasteiger partial charge in [-0.25, -0.2) is 0 Å². The Kier molecular flexibility index (Phi) is 6.22. The van der Waals surface area contributed by atoms with Crippen LogP contribution in [-0.2, 0) is 14.3 Å². The molecular weight excluding hydrogens is 390 g/mol.